The summed E-state index contributed by atoms with van der Waals surface area (Å²) in [5.74, 6) is 0.799. The number of hydrogen-bond donors (Lipinski definition) is 1. The van der Waals surface area contributed by atoms with Gasteiger partial charge in [0.25, 0.3) is 0 Å². The summed E-state index contributed by atoms with van der Waals surface area (Å²) in [6, 6.07) is 3.12. The van der Waals surface area contributed by atoms with E-state index < -0.39 is 12.8 Å². The molecule has 9 heteroatoms. The Kier molecular flexibility index (Phi) is 6.08. The maximum absolute atomic E-state index is 12.2. The van der Waals surface area contributed by atoms with Crippen LogP contribution in [0.2, 0.25) is 0 Å². The van der Waals surface area contributed by atoms with Crippen molar-refractivity contribution in [2.75, 3.05) is 39.5 Å². The summed E-state index contributed by atoms with van der Waals surface area (Å²) in [4.78, 5) is 10.8. The molecule has 2 aliphatic heterocycles. The molecule has 0 saturated carbocycles. The number of aliphatic imine (C=N–C) groups is 1. The molecule has 0 aliphatic carbocycles. The Labute approximate surface area is 156 Å². The molecule has 1 aromatic rings. The highest BCUT2D eigenvalue weighted by Gasteiger charge is 2.42. The summed E-state index contributed by atoms with van der Waals surface area (Å²) >= 11 is 0. The maximum Gasteiger partial charge on any atom is 0.422 e. The third-order valence-corrected chi connectivity index (χ3v) is 4.85. The highest BCUT2D eigenvalue weighted by molar-refractivity contribution is 5.80. The topological polar surface area (TPSA) is 59.0 Å². The van der Waals surface area contributed by atoms with Crippen molar-refractivity contribution in [3.63, 3.8) is 0 Å². The van der Waals surface area contributed by atoms with Gasteiger partial charge in [-0.05, 0) is 25.3 Å². The fourth-order valence-corrected chi connectivity index (χ4v) is 3.42. The maximum atomic E-state index is 12.2. The zero-order valence-electron chi connectivity index (χ0n) is 15.4. The molecule has 0 radical (unpaired) electrons. The predicted octanol–water partition coefficient (Wildman–Crippen LogP) is 2.60. The van der Waals surface area contributed by atoms with Gasteiger partial charge < -0.3 is 19.7 Å². The van der Waals surface area contributed by atoms with Crippen molar-refractivity contribution < 1.29 is 22.6 Å². The molecule has 1 atom stereocenters. The molecule has 1 unspecified atom stereocenters. The number of nitrogens with one attached hydrogen (secondary N) is 1. The SMILES string of the molecule is CCNC(=NCc1ccc(OCC(F)(F)F)nc1)N1CCC2(CCOC2)C1. The number of halogens is 3. The van der Waals surface area contributed by atoms with Crippen LogP contribution >= 0.6 is 0 Å². The van der Waals surface area contributed by atoms with Crippen LogP contribution in [0, 0.1) is 5.41 Å². The molecule has 6 nitrogen and oxygen atoms in total. The van der Waals surface area contributed by atoms with Gasteiger partial charge in [-0.1, -0.05) is 6.07 Å². The summed E-state index contributed by atoms with van der Waals surface area (Å²) < 4.78 is 46.7. The lowest BCUT2D eigenvalue weighted by atomic mass is 9.87. The molecule has 27 heavy (non-hydrogen) atoms. The van der Waals surface area contributed by atoms with Gasteiger partial charge in [0, 0.05) is 43.9 Å². The normalized spacial score (nSPS) is 23.3. The van der Waals surface area contributed by atoms with E-state index in [4.69, 9.17) is 4.74 Å². The van der Waals surface area contributed by atoms with E-state index in [1.807, 2.05) is 6.92 Å². The molecule has 0 amide bonds. The summed E-state index contributed by atoms with van der Waals surface area (Å²) in [5.41, 5.74) is 1.05. The third-order valence-electron chi connectivity index (χ3n) is 4.85. The molecular weight excluding hydrogens is 361 g/mol. The van der Waals surface area contributed by atoms with E-state index in [2.05, 4.69) is 24.9 Å². The first-order valence-corrected chi connectivity index (χ1v) is 9.15. The highest BCUT2D eigenvalue weighted by atomic mass is 19.4. The number of rotatable bonds is 5. The lowest BCUT2D eigenvalue weighted by Gasteiger charge is -2.25. The Hall–Kier alpha value is -2.03. The Morgan fingerprint density at radius 3 is 2.89 bits per heavy atom. The number of nitrogens with zero attached hydrogens (tertiary/aromatic N) is 3. The second-order valence-corrected chi connectivity index (χ2v) is 7.05. The Balaban J connectivity index is 1.58. The molecule has 2 aliphatic rings. The first-order valence-electron chi connectivity index (χ1n) is 9.15. The van der Waals surface area contributed by atoms with Crippen molar-refractivity contribution in [3.8, 4) is 5.88 Å². The molecule has 2 saturated heterocycles. The zero-order chi connectivity index (χ0) is 19.3. The Bertz CT molecular complexity index is 643. The van der Waals surface area contributed by atoms with Crippen LogP contribution < -0.4 is 10.1 Å². The van der Waals surface area contributed by atoms with Crippen molar-refractivity contribution in [1.82, 2.24) is 15.2 Å². The van der Waals surface area contributed by atoms with Crippen LogP contribution in [0.15, 0.2) is 23.3 Å². The first-order chi connectivity index (χ1) is 12.9. The molecule has 1 N–H and O–H groups in total. The van der Waals surface area contributed by atoms with Gasteiger partial charge in [-0.15, -0.1) is 0 Å². The van der Waals surface area contributed by atoms with Crippen LogP contribution in [0.3, 0.4) is 0 Å². The number of pyridine rings is 1. The smallest absolute Gasteiger partial charge is 0.422 e. The van der Waals surface area contributed by atoms with Gasteiger partial charge in [0.1, 0.15) is 0 Å². The number of ether oxygens (including phenoxy) is 2. The summed E-state index contributed by atoms with van der Waals surface area (Å²) in [5, 5.41) is 3.31. The van der Waals surface area contributed by atoms with Crippen molar-refractivity contribution in [2.24, 2.45) is 10.4 Å². The van der Waals surface area contributed by atoms with Crippen LogP contribution in [0.25, 0.3) is 0 Å². The molecular formula is C18H25F3N4O2. The summed E-state index contributed by atoms with van der Waals surface area (Å²) in [6.07, 6.45) is -0.686. The third kappa shape index (κ3) is 5.47. The van der Waals surface area contributed by atoms with Crippen LogP contribution in [0.5, 0.6) is 5.88 Å². The lowest BCUT2D eigenvalue weighted by Crippen LogP contribution is -2.41. The molecule has 3 heterocycles. The van der Waals surface area contributed by atoms with Crippen LogP contribution in [0.4, 0.5) is 13.2 Å². The van der Waals surface area contributed by atoms with Gasteiger partial charge in [-0.3, -0.25) is 0 Å². The first kappa shape index (κ1) is 19.7. The largest absolute Gasteiger partial charge is 0.468 e. The molecule has 1 aromatic heterocycles. The van der Waals surface area contributed by atoms with Gasteiger partial charge in [0.15, 0.2) is 12.6 Å². The zero-order valence-corrected chi connectivity index (χ0v) is 15.4. The van der Waals surface area contributed by atoms with Crippen LogP contribution in [-0.4, -0.2) is 61.5 Å². The number of likely N-dealkylation sites (tertiary alicyclic amines) is 1. The minimum atomic E-state index is -4.37. The van der Waals surface area contributed by atoms with Crippen LogP contribution in [-0.2, 0) is 11.3 Å². The van der Waals surface area contributed by atoms with Gasteiger partial charge in [-0.25, -0.2) is 9.98 Å². The molecule has 0 bridgehead atoms. The van der Waals surface area contributed by atoms with E-state index in [9.17, 15) is 13.2 Å². The van der Waals surface area contributed by atoms with Crippen LogP contribution in [0.1, 0.15) is 25.3 Å². The molecule has 150 valence electrons. The molecule has 0 aromatic carbocycles. The summed E-state index contributed by atoms with van der Waals surface area (Å²) in [7, 11) is 0. The van der Waals surface area contributed by atoms with Gasteiger partial charge in [-0.2, -0.15) is 13.2 Å². The van der Waals surface area contributed by atoms with Gasteiger partial charge in [0.2, 0.25) is 5.88 Å². The minimum Gasteiger partial charge on any atom is -0.468 e. The van der Waals surface area contributed by atoms with Gasteiger partial charge in [0.05, 0.1) is 13.2 Å². The van der Waals surface area contributed by atoms with E-state index >= 15 is 0 Å². The van der Waals surface area contributed by atoms with Gasteiger partial charge >= 0.3 is 6.18 Å². The standard InChI is InChI=1S/C18H25F3N4O2/c1-2-22-16(25-7-5-17(11-25)6-8-26-12-17)24-10-14-3-4-15(23-9-14)27-13-18(19,20)21/h3-4,9H,2,5-8,10-13H2,1H3,(H,22,24). The quantitative estimate of drug-likeness (QED) is 0.623. The number of alkyl halides is 3. The second kappa shape index (κ2) is 8.33. The van der Waals surface area contributed by atoms with E-state index in [0.717, 1.165) is 57.2 Å². The monoisotopic (exact) mass is 386 g/mol. The number of hydrogen-bond acceptors (Lipinski definition) is 4. The van der Waals surface area contributed by atoms with E-state index in [-0.39, 0.29) is 11.3 Å². The van der Waals surface area contributed by atoms with Crippen molar-refractivity contribution >= 4 is 5.96 Å². The number of guanidine groups is 1. The molecule has 3 rings (SSSR count). The fraction of sp³-hybridized carbons (Fsp3) is 0.667. The Morgan fingerprint density at radius 2 is 2.26 bits per heavy atom. The Morgan fingerprint density at radius 1 is 1.41 bits per heavy atom. The highest BCUT2D eigenvalue weighted by Crippen LogP contribution is 2.38. The average molecular weight is 386 g/mol. The van der Waals surface area contributed by atoms with Crippen molar-refractivity contribution in [3.05, 3.63) is 23.9 Å². The minimum absolute atomic E-state index is 0.0466. The van der Waals surface area contributed by atoms with E-state index in [1.54, 1.807) is 6.07 Å². The fourth-order valence-electron chi connectivity index (χ4n) is 3.42. The lowest BCUT2D eigenvalue weighted by molar-refractivity contribution is -0.154. The summed E-state index contributed by atoms with van der Waals surface area (Å²) in [6.45, 7) is 5.36. The number of aromatic nitrogens is 1. The van der Waals surface area contributed by atoms with E-state index in [1.165, 1.54) is 12.3 Å². The second-order valence-electron chi connectivity index (χ2n) is 7.05. The molecule has 2 fully saturated rings. The van der Waals surface area contributed by atoms with Crippen molar-refractivity contribution in [2.45, 2.75) is 32.5 Å². The molecule has 1 spiro atoms. The van der Waals surface area contributed by atoms with E-state index in [0.29, 0.717) is 6.54 Å². The van der Waals surface area contributed by atoms with Crippen molar-refractivity contribution in [1.29, 1.82) is 0 Å². The average Bonchev–Trinajstić information content (AvgIpc) is 3.27. The predicted molar refractivity (Wildman–Crippen MR) is 94.7 cm³/mol.